The van der Waals surface area contributed by atoms with E-state index >= 15 is 0 Å². The fraction of sp³-hybridized carbons (Fsp3) is 0.389. The fourth-order valence-corrected chi connectivity index (χ4v) is 4.65. The summed E-state index contributed by atoms with van der Waals surface area (Å²) in [5.41, 5.74) is 13.0. The molecule has 2 aliphatic carbocycles. The van der Waals surface area contributed by atoms with E-state index in [2.05, 4.69) is 28.1 Å². The summed E-state index contributed by atoms with van der Waals surface area (Å²) >= 11 is 2.99. The molecule has 6 N–H and O–H groups in total. The van der Waals surface area contributed by atoms with E-state index in [0.29, 0.717) is 0 Å². The van der Waals surface area contributed by atoms with Gasteiger partial charge in [-0.1, -0.05) is 6.07 Å². The first-order valence-electron chi connectivity index (χ1n) is 8.44. The third-order valence-corrected chi connectivity index (χ3v) is 6.32. The van der Waals surface area contributed by atoms with Crippen LogP contribution in [0.1, 0.15) is 34.2 Å². The maximum Gasteiger partial charge on any atom is 0.316 e. The first kappa shape index (κ1) is 18.3. The predicted molar refractivity (Wildman–Crippen MR) is 106 cm³/mol. The van der Waals surface area contributed by atoms with Crippen LogP contribution in [-0.4, -0.2) is 13.1 Å². The molecule has 1 heterocycles. The average molecular weight is 377 g/mol. The molecule has 0 radical (unpaired) electrons. The van der Waals surface area contributed by atoms with Crippen molar-refractivity contribution in [3.8, 4) is 0 Å². The largest absolute Gasteiger partial charge is 0.351 e. The topological polar surface area (TPSA) is 93.2 Å². The maximum absolute atomic E-state index is 11.0. The van der Waals surface area contributed by atoms with E-state index in [9.17, 15) is 4.79 Å². The van der Waals surface area contributed by atoms with Gasteiger partial charge in [0.25, 0.3) is 0 Å². The third kappa shape index (κ3) is 4.17. The number of aryl methyl sites for hydroxylation is 2. The molecule has 2 aromatic rings. The smallest absolute Gasteiger partial charge is 0.316 e. The number of nitrogens with one attached hydrogen (secondary N) is 2. The molecule has 5 nitrogen and oxygen atoms in total. The number of nitrogens with two attached hydrogens (primary N) is 2. The number of primary amides is 1. The van der Waals surface area contributed by atoms with E-state index in [0.717, 1.165) is 37.9 Å². The van der Waals surface area contributed by atoms with Crippen LogP contribution in [0.25, 0.3) is 0 Å². The van der Waals surface area contributed by atoms with Crippen LogP contribution in [0.3, 0.4) is 0 Å². The highest BCUT2D eigenvalue weighted by atomic mass is 32.2. The molecule has 0 atom stereocenters. The van der Waals surface area contributed by atoms with Gasteiger partial charge >= 0.3 is 6.03 Å². The Hall–Kier alpha value is -1.54. The Bertz CT molecular complexity index is 773. The second-order valence-electron chi connectivity index (χ2n) is 6.29. The Morgan fingerprint density at radius 3 is 2.56 bits per heavy atom. The molecule has 0 unspecified atom stereocenters. The van der Waals surface area contributed by atoms with Gasteiger partial charge < -0.3 is 16.4 Å². The minimum atomic E-state index is -0.440. The molecule has 0 saturated carbocycles. The van der Waals surface area contributed by atoms with Crippen LogP contribution >= 0.6 is 23.3 Å². The van der Waals surface area contributed by atoms with Crippen LogP contribution in [0.2, 0.25) is 0 Å². The molecule has 2 amide bonds. The minimum Gasteiger partial charge on any atom is -0.351 e. The second kappa shape index (κ2) is 8.23. The summed E-state index contributed by atoms with van der Waals surface area (Å²) in [5, 5.41) is 13.4. The number of urea groups is 1. The van der Waals surface area contributed by atoms with E-state index in [4.69, 9.17) is 10.9 Å². The summed E-state index contributed by atoms with van der Waals surface area (Å²) in [6, 6.07) is 3.98. The summed E-state index contributed by atoms with van der Waals surface area (Å²) in [7, 11) is 1.94. The Morgan fingerprint density at radius 1 is 1.20 bits per heavy atom. The Kier molecular flexibility index (Phi) is 6.01. The summed E-state index contributed by atoms with van der Waals surface area (Å²) in [6.45, 7) is 0.928. The Morgan fingerprint density at radius 2 is 1.96 bits per heavy atom. The number of carbonyl (C=O) groups excluding carboxylic acids is 1. The number of rotatable bonds is 4. The standard InChI is InChI=1S/C12H14N2O.C6H10N2S2/c13-12(15)14-11-9-3-1-2-7(9)6-8-4-5-10(8)11;1-8-3-5-2-6(10-7)9-4-5/h6H,1-5H2,(H3,13,14,15);2,4,8H,3,7H2,1H3. The van der Waals surface area contributed by atoms with Gasteiger partial charge in [0.05, 0.1) is 4.21 Å². The first-order chi connectivity index (χ1) is 12.1. The number of hydrogen-bond acceptors (Lipinski definition) is 5. The fourth-order valence-electron chi connectivity index (χ4n) is 3.43. The van der Waals surface area contributed by atoms with Gasteiger partial charge in [0.15, 0.2) is 0 Å². The number of anilines is 1. The lowest BCUT2D eigenvalue weighted by Gasteiger charge is -2.25. The maximum atomic E-state index is 11.0. The molecule has 2 aliphatic rings. The Balaban J connectivity index is 0.000000160. The zero-order valence-electron chi connectivity index (χ0n) is 14.4. The first-order valence-corrected chi connectivity index (χ1v) is 10.2. The molecule has 4 rings (SSSR count). The highest BCUT2D eigenvalue weighted by molar-refractivity contribution is 7.99. The van der Waals surface area contributed by atoms with Crippen LogP contribution in [0.4, 0.5) is 10.5 Å². The number of carbonyl (C=O) groups is 1. The van der Waals surface area contributed by atoms with Crippen molar-refractivity contribution in [3.63, 3.8) is 0 Å². The SMILES string of the molecule is CNCc1csc(SN)c1.NC(=O)Nc1c2c(cc3c1CC3)CCC2. The highest BCUT2D eigenvalue weighted by Gasteiger charge is 2.25. The monoisotopic (exact) mass is 376 g/mol. The van der Waals surface area contributed by atoms with Gasteiger partial charge in [-0.2, -0.15) is 0 Å². The number of hydrogen-bond donors (Lipinski definition) is 4. The van der Waals surface area contributed by atoms with Crippen LogP contribution in [0.15, 0.2) is 21.7 Å². The van der Waals surface area contributed by atoms with E-state index < -0.39 is 6.03 Å². The van der Waals surface area contributed by atoms with Crippen LogP contribution < -0.4 is 21.5 Å². The van der Waals surface area contributed by atoms with Crippen molar-refractivity contribution >= 4 is 35.0 Å². The predicted octanol–water partition coefficient (Wildman–Crippen LogP) is 3.20. The Labute approximate surface area is 156 Å². The second-order valence-corrected chi connectivity index (χ2v) is 8.14. The average Bonchev–Trinajstić information content (AvgIpc) is 3.19. The molecule has 0 fully saturated rings. The number of amides is 2. The van der Waals surface area contributed by atoms with Crippen molar-refractivity contribution < 1.29 is 4.79 Å². The normalized spacial score (nSPS) is 14.0. The van der Waals surface area contributed by atoms with E-state index in [1.54, 1.807) is 11.3 Å². The molecule has 0 aliphatic heterocycles. The van der Waals surface area contributed by atoms with Crippen molar-refractivity contribution in [1.82, 2.24) is 5.32 Å². The van der Waals surface area contributed by atoms with Gasteiger partial charge in [-0.25, -0.2) is 4.79 Å². The molecule has 1 aromatic carbocycles. The van der Waals surface area contributed by atoms with Crippen molar-refractivity contribution in [1.29, 1.82) is 0 Å². The highest BCUT2D eigenvalue weighted by Crippen LogP contribution is 2.39. The quantitative estimate of drug-likeness (QED) is 0.617. The van der Waals surface area contributed by atoms with Gasteiger partial charge in [-0.15, -0.1) is 11.3 Å². The molecule has 7 heteroatoms. The van der Waals surface area contributed by atoms with Crippen molar-refractivity contribution in [3.05, 3.63) is 45.3 Å². The van der Waals surface area contributed by atoms with Crippen molar-refractivity contribution in [2.24, 2.45) is 10.9 Å². The lowest BCUT2D eigenvalue weighted by atomic mass is 9.83. The van der Waals surface area contributed by atoms with Gasteiger partial charge in [0, 0.05) is 12.2 Å². The summed E-state index contributed by atoms with van der Waals surface area (Å²) < 4.78 is 1.17. The van der Waals surface area contributed by atoms with Gasteiger partial charge in [0.2, 0.25) is 0 Å². The van der Waals surface area contributed by atoms with E-state index in [1.165, 1.54) is 50.4 Å². The number of fused-ring (bicyclic) bond motifs is 2. The molecule has 1 aromatic heterocycles. The summed E-state index contributed by atoms with van der Waals surface area (Å²) in [6.07, 6.45) is 5.66. The van der Waals surface area contributed by atoms with Crippen LogP contribution in [0, 0.1) is 0 Å². The molecule has 0 spiro atoms. The summed E-state index contributed by atoms with van der Waals surface area (Å²) in [4.78, 5) is 11.0. The van der Waals surface area contributed by atoms with E-state index in [1.807, 2.05) is 7.05 Å². The molecular formula is C18H24N4OS2. The zero-order valence-corrected chi connectivity index (χ0v) is 16.0. The molecular weight excluding hydrogens is 352 g/mol. The van der Waals surface area contributed by atoms with Crippen LogP contribution in [-0.2, 0) is 32.2 Å². The van der Waals surface area contributed by atoms with Crippen molar-refractivity contribution in [2.75, 3.05) is 12.4 Å². The molecule has 0 bridgehead atoms. The van der Waals surface area contributed by atoms with Crippen LogP contribution in [0.5, 0.6) is 0 Å². The van der Waals surface area contributed by atoms with Gasteiger partial charge in [-0.3, -0.25) is 5.14 Å². The molecule has 0 saturated heterocycles. The zero-order chi connectivity index (χ0) is 17.8. The third-order valence-electron chi connectivity index (χ3n) is 4.62. The summed E-state index contributed by atoms with van der Waals surface area (Å²) in [5.74, 6) is 0. The van der Waals surface area contributed by atoms with Gasteiger partial charge in [-0.05, 0) is 90.4 Å². The van der Waals surface area contributed by atoms with Crippen molar-refractivity contribution in [2.45, 2.75) is 42.9 Å². The number of thiophene rings is 1. The minimum absolute atomic E-state index is 0.440. The number of benzene rings is 1. The van der Waals surface area contributed by atoms with Gasteiger partial charge in [0.1, 0.15) is 0 Å². The molecule has 134 valence electrons. The molecule has 25 heavy (non-hydrogen) atoms. The lowest BCUT2D eigenvalue weighted by Crippen LogP contribution is -2.24. The lowest BCUT2D eigenvalue weighted by molar-refractivity contribution is 0.259. The van der Waals surface area contributed by atoms with E-state index in [-0.39, 0.29) is 0 Å².